The summed E-state index contributed by atoms with van der Waals surface area (Å²) < 4.78 is 0. The van der Waals surface area contributed by atoms with E-state index in [2.05, 4.69) is 4.98 Å². The summed E-state index contributed by atoms with van der Waals surface area (Å²) in [4.78, 5) is 41.2. The van der Waals surface area contributed by atoms with Crippen LogP contribution in [0.1, 0.15) is 43.1 Å². The molecule has 2 atom stereocenters. The van der Waals surface area contributed by atoms with Crippen molar-refractivity contribution in [3.63, 3.8) is 0 Å². The van der Waals surface area contributed by atoms with Gasteiger partial charge in [-0.05, 0) is 12.8 Å². The van der Waals surface area contributed by atoms with Gasteiger partial charge in [0.15, 0.2) is 10.9 Å². The maximum Gasteiger partial charge on any atom is 0.239 e. The van der Waals surface area contributed by atoms with E-state index in [9.17, 15) is 14.4 Å². The predicted molar refractivity (Wildman–Crippen MR) is 70.1 cm³/mol. The molecule has 2 fully saturated rings. The Hall–Kier alpha value is -1.56. The van der Waals surface area contributed by atoms with Crippen molar-refractivity contribution in [2.24, 2.45) is 11.8 Å². The molecule has 1 saturated heterocycles. The Morgan fingerprint density at radius 3 is 2.32 bits per heavy atom. The number of ketones is 1. The van der Waals surface area contributed by atoms with Crippen LogP contribution in [0, 0.1) is 11.8 Å². The summed E-state index contributed by atoms with van der Waals surface area (Å²) in [6.45, 7) is 1.42. The molecule has 2 amide bonds. The Morgan fingerprint density at radius 2 is 1.84 bits per heavy atom. The molecule has 2 aliphatic rings. The molecule has 1 saturated carbocycles. The van der Waals surface area contributed by atoms with Crippen molar-refractivity contribution >= 4 is 34.1 Å². The minimum atomic E-state index is -0.175. The van der Waals surface area contributed by atoms with Gasteiger partial charge in [-0.3, -0.25) is 14.4 Å². The number of fused-ring (bicyclic) bond motifs is 1. The molecule has 0 N–H and O–H groups in total. The topological polar surface area (TPSA) is 67.3 Å². The van der Waals surface area contributed by atoms with E-state index in [0.29, 0.717) is 10.8 Å². The van der Waals surface area contributed by atoms with Gasteiger partial charge in [0.2, 0.25) is 11.8 Å². The lowest BCUT2D eigenvalue weighted by Crippen LogP contribution is -2.30. The fourth-order valence-electron chi connectivity index (χ4n) is 2.88. The number of rotatable bonds is 2. The van der Waals surface area contributed by atoms with Gasteiger partial charge in [-0.1, -0.05) is 12.8 Å². The van der Waals surface area contributed by atoms with Crippen LogP contribution in [0.4, 0.5) is 5.13 Å². The molecular formula is C13H14N2O3S. The Labute approximate surface area is 114 Å². The lowest BCUT2D eigenvalue weighted by atomic mass is 9.81. The highest BCUT2D eigenvalue weighted by atomic mass is 32.1. The van der Waals surface area contributed by atoms with E-state index in [-0.39, 0.29) is 29.4 Å². The number of thiazole rings is 1. The summed E-state index contributed by atoms with van der Waals surface area (Å²) in [5.41, 5.74) is 0.315. The summed E-state index contributed by atoms with van der Waals surface area (Å²) in [6, 6.07) is 0. The molecule has 3 rings (SSSR count). The molecule has 2 unspecified atom stereocenters. The van der Waals surface area contributed by atoms with Crippen LogP contribution in [0.5, 0.6) is 0 Å². The summed E-state index contributed by atoms with van der Waals surface area (Å²) in [6.07, 6.45) is 3.59. The van der Waals surface area contributed by atoms with E-state index in [1.54, 1.807) is 5.38 Å². The molecule has 19 heavy (non-hydrogen) atoms. The van der Waals surface area contributed by atoms with Crippen molar-refractivity contribution in [1.82, 2.24) is 4.98 Å². The highest BCUT2D eigenvalue weighted by Crippen LogP contribution is 2.40. The van der Waals surface area contributed by atoms with E-state index < -0.39 is 0 Å². The zero-order chi connectivity index (χ0) is 13.6. The van der Waals surface area contributed by atoms with Crippen molar-refractivity contribution < 1.29 is 14.4 Å². The average molecular weight is 278 g/mol. The molecule has 100 valence electrons. The number of hydrogen-bond donors (Lipinski definition) is 0. The van der Waals surface area contributed by atoms with E-state index in [0.717, 1.165) is 25.7 Å². The van der Waals surface area contributed by atoms with Gasteiger partial charge in [-0.15, -0.1) is 11.3 Å². The number of Topliss-reactive ketones (excluding diaryl/α,β-unsaturated/α-hetero) is 1. The van der Waals surface area contributed by atoms with Gasteiger partial charge in [0.1, 0.15) is 5.69 Å². The molecule has 1 aromatic heterocycles. The maximum atomic E-state index is 12.3. The molecule has 0 radical (unpaired) electrons. The molecule has 6 heteroatoms. The minimum absolute atomic E-state index is 0.140. The van der Waals surface area contributed by atoms with Crippen molar-refractivity contribution in [2.45, 2.75) is 32.6 Å². The lowest BCUT2D eigenvalue weighted by molar-refractivity contribution is -0.122. The standard InChI is InChI=1S/C13H14N2O3S/c1-7(16)10-6-19-13(14-10)15-11(17)8-4-2-3-5-9(8)12(15)18/h6,8-9H,2-5H2,1H3. The smallest absolute Gasteiger partial charge is 0.239 e. The van der Waals surface area contributed by atoms with Crippen LogP contribution in [-0.4, -0.2) is 22.6 Å². The van der Waals surface area contributed by atoms with Crippen LogP contribution in [0.25, 0.3) is 0 Å². The molecule has 2 heterocycles. The fourth-order valence-corrected chi connectivity index (χ4v) is 3.75. The number of imide groups is 1. The number of carbonyl (C=O) groups excluding carboxylic acids is 3. The Kier molecular flexibility index (Phi) is 2.97. The van der Waals surface area contributed by atoms with Crippen molar-refractivity contribution in [2.75, 3.05) is 4.90 Å². The Morgan fingerprint density at radius 1 is 1.26 bits per heavy atom. The highest BCUT2D eigenvalue weighted by Gasteiger charge is 2.49. The van der Waals surface area contributed by atoms with Crippen LogP contribution < -0.4 is 4.90 Å². The number of hydrogen-bond acceptors (Lipinski definition) is 5. The quantitative estimate of drug-likeness (QED) is 0.613. The third-order valence-corrected chi connectivity index (χ3v) is 4.71. The average Bonchev–Trinajstić information content (AvgIpc) is 2.96. The Bertz CT molecular complexity index is 542. The predicted octanol–water partition coefficient (Wildman–Crippen LogP) is 2.03. The van der Waals surface area contributed by atoms with Gasteiger partial charge in [-0.2, -0.15) is 0 Å². The van der Waals surface area contributed by atoms with Crippen LogP contribution >= 0.6 is 11.3 Å². The first-order valence-corrected chi connectivity index (χ1v) is 7.32. The van der Waals surface area contributed by atoms with E-state index >= 15 is 0 Å². The Balaban J connectivity index is 1.93. The maximum absolute atomic E-state index is 12.3. The van der Waals surface area contributed by atoms with Crippen LogP contribution in [0.3, 0.4) is 0 Å². The first-order chi connectivity index (χ1) is 9.09. The van der Waals surface area contributed by atoms with Gasteiger partial charge < -0.3 is 0 Å². The lowest BCUT2D eigenvalue weighted by Gasteiger charge is -2.19. The summed E-state index contributed by atoms with van der Waals surface area (Å²) in [7, 11) is 0. The molecule has 0 aromatic carbocycles. The zero-order valence-corrected chi connectivity index (χ0v) is 11.4. The second-order valence-corrected chi connectivity index (χ2v) is 5.92. The molecular weight excluding hydrogens is 264 g/mol. The SMILES string of the molecule is CC(=O)c1csc(N2C(=O)C3CCCCC3C2=O)n1. The zero-order valence-electron chi connectivity index (χ0n) is 10.6. The van der Waals surface area contributed by atoms with Gasteiger partial charge in [0, 0.05) is 12.3 Å². The molecule has 0 bridgehead atoms. The number of nitrogens with zero attached hydrogens (tertiary/aromatic N) is 2. The molecule has 1 aromatic rings. The second-order valence-electron chi connectivity index (χ2n) is 5.08. The normalized spacial score (nSPS) is 26.7. The van der Waals surface area contributed by atoms with Crippen LogP contribution in [0.15, 0.2) is 5.38 Å². The first kappa shape index (κ1) is 12.5. The third kappa shape index (κ3) is 1.90. The molecule has 1 aliphatic carbocycles. The summed E-state index contributed by atoms with van der Waals surface area (Å²) in [5, 5.41) is 1.94. The van der Waals surface area contributed by atoms with Gasteiger partial charge >= 0.3 is 0 Å². The summed E-state index contributed by atoms with van der Waals surface area (Å²) in [5.74, 6) is -0.783. The van der Waals surface area contributed by atoms with Gasteiger partial charge in [0.05, 0.1) is 11.8 Å². The highest BCUT2D eigenvalue weighted by molar-refractivity contribution is 7.14. The third-order valence-electron chi connectivity index (χ3n) is 3.89. The monoisotopic (exact) mass is 278 g/mol. The number of carbonyl (C=O) groups is 3. The first-order valence-electron chi connectivity index (χ1n) is 6.44. The summed E-state index contributed by atoms with van der Waals surface area (Å²) >= 11 is 1.18. The van der Waals surface area contributed by atoms with Gasteiger partial charge in [0.25, 0.3) is 0 Å². The van der Waals surface area contributed by atoms with Crippen LogP contribution in [-0.2, 0) is 9.59 Å². The van der Waals surface area contributed by atoms with Crippen molar-refractivity contribution in [3.8, 4) is 0 Å². The van der Waals surface area contributed by atoms with Crippen molar-refractivity contribution in [3.05, 3.63) is 11.1 Å². The number of amides is 2. The minimum Gasteiger partial charge on any atom is -0.293 e. The van der Waals surface area contributed by atoms with Crippen LogP contribution in [0.2, 0.25) is 0 Å². The molecule has 5 nitrogen and oxygen atoms in total. The van der Waals surface area contributed by atoms with Gasteiger partial charge in [-0.25, -0.2) is 9.88 Å². The number of aromatic nitrogens is 1. The van der Waals surface area contributed by atoms with Crippen molar-refractivity contribution in [1.29, 1.82) is 0 Å². The van der Waals surface area contributed by atoms with E-state index in [1.165, 1.54) is 23.2 Å². The molecule has 0 spiro atoms. The largest absolute Gasteiger partial charge is 0.293 e. The van der Waals surface area contributed by atoms with E-state index in [1.807, 2.05) is 0 Å². The molecule has 1 aliphatic heterocycles. The van der Waals surface area contributed by atoms with E-state index in [4.69, 9.17) is 0 Å². The number of anilines is 1. The second kappa shape index (κ2) is 4.52. The fraction of sp³-hybridized carbons (Fsp3) is 0.538.